The smallest absolute Gasteiger partial charge is 0.275 e. The van der Waals surface area contributed by atoms with Crippen LogP contribution in [-0.4, -0.2) is 23.2 Å². The highest BCUT2D eigenvalue weighted by Gasteiger charge is 2.19. The van der Waals surface area contributed by atoms with Gasteiger partial charge in [-0.3, -0.25) is 10.1 Å². The number of nitrogens with one attached hydrogen (secondary N) is 1. The first-order chi connectivity index (χ1) is 8.87. The maximum Gasteiger partial charge on any atom is 0.275 e. The number of benzene rings is 1. The van der Waals surface area contributed by atoms with Gasteiger partial charge in [0.2, 0.25) is 0 Å². The molecule has 0 atom stereocenters. The molecule has 19 heavy (non-hydrogen) atoms. The Morgan fingerprint density at radius 3 is 2.74 bits per heavy atom. The predicted molar refractivity (Wildman–Crippen MR) is 75.3 cm³/mol. The molecule has 1 aromatic rings. The van der Waals surface area contributed by atoms with Crippen LogP contribution in [0.5, 0.6) is 0 Å². The Bertz CT molecular complexity index is 450. The predicted octanol–water partition coefficient (Wildman–Crippen LogP) is 2.75. The highest BCUT2D eigenvalue weighted by atomic mass is 35.5. The molecule has 2 N–H and O–H groups in total. The Labute approximate surface area is 117 Å². The van der Waals surface area contributed by atoms with Gasteiger partial charge in [0.15, 0.2) is 0 Å². The lowest BCUT2D eigenvalue weighted by Crippen LogP contribution is -2.30. The van der Waals surface area contributed by atoms with E-state index in [2.05, 4.69) is 5.32 Å². The van der Waals surface area contributed by atoms with Crippen LogP contribution >= 0.6 is 11.6 Å². The van der Waals surface area contributed by atoms with E-state index < -0.39 is 4.92 Å². The number of aliphatic hydroxyl groups is 1. The number of halogens is 1. The molecule has 0 radical (unpaired) electrons. The molecule has 0 aliphatic rings. The minimum Gasteiger partial charge on any atom is -0.396 e. The van der Waals surface area contributed by atoms with Gasteiger partial charge in [-0.25, -0.2) is 0 Å². The van der Waals surface area contributed by atoms with Gasteiger partial charge in [-0.1, -0.05) is 31.5 Å². The molecular formula is C13H19ClN2O3. The van der Waals surface area contributed by atoms with Crippen molar-refractivity contribution in [2.24, 2.45) is 5.41 Å². The summed E-state index contributed by atoms with van der Waals surface area (Å²) in [7, 11) is 0. The lowest BCUT2D eigenvalue weighted by Gasteiger charge is -2.24. The van der Waals surface area contributed by atoms with Crippen molar-refractivity contribution in [1.82, 2.24) is 5.32 Å². The monoisotopic (exact) mass is 286 g/mol. The Morgan fingerprint density at radius 1 is 1.47 bits per heavy atom. The number of rotatable bonds is 7. The third-order valence-corrected chi connectivity index (χ3v) is 3.34. The van der Waals surface area contributed by atoms with Crippen molar-refractivity contribution in [3.8, 4) is 0 Å². The molecule has 6 heteroatoms. The lowest BCUT2D eigenvalue weighted by molar-refractivity contribution is -0.385. The van der Waals surface area contributed by atoms with Gasteiger partial charge in [0.1, 0.15) is 0 Å². The van der Waals surface area contributed by atoms with E-state index in [0.717, 1.165) is 0 Å². The van der Waals surface area contributed by atoms with E-state index in [1.807, 2.05) is 13.8 Å². The van der Waals surface area contributed by atoms with Crippen molar-refractivity contribution >= 4 is 17.3 Å². The second-order valence-corrected chi connectivity index (χ2v) is 5.64. The summed E-state index contributed by atoms with van der Waals surface area (Å²) in [5, 5.41) is 23.4. The first-order valence-corrected chi connectivity index (χ1v) is 6.48. The molecule has 106 valence electrons. The first-order valence-electron chi connectivity index (χ1n) is 6.11. The van der Waals surface area contributed by atoms with Crippen LogP contribution in [0.15, 0.2) is 18.2 Å². The summed E-state index contributed by atoms with van der Waals surface area (Å²) in [5.41, 5.74) is 0.457. The van der Waals surface area contributed by atoms with E-state index in [1.54, 1.807) is 12.1 Å². The lowest BCUT2D eigenvalue weighted by atomic mass is 9.90. The van der Waals surface area contributed by atoms with E-state index in [4.69, 9.17) is 16.7 Å². The van der Waals surface area contributed by atoms with Crippen LogP contribution in [0.2, 0.25) is 5.02 Å². The fourth-order valence-corrected chi connectivity index (χ4v) is 2.05. The Morgan fingerprint density at radius 2 is 2.16 bits per heavy atom. The molecule has 0 fully saturated rings. The molecule has 0 aromatic heterocycles. The molecule has 0 unspecified atom stereocenters. The normalized spacial score (nSPS) is 11.6. The number of hydrogen-bond acceptors (Lipinski definition) is 4. The van der Waals surface area contributed by atoms with Gasteiger partial charge >= 0.3 is 0 Å². The molecule has 0 saturated heterocycles. The molecule has 1 rings (SSSR count). The third-order valence-electron chi connectivity index (χ3n) is 2.98. The average Bonchev–Trinajstić information content (AvgIpc) is 2.30. The summed E-state index contributed by atoms with van der Waals surface area (Å²) in [6, 6.07) is 4.66. The standard InChI is InChI=1S/C13H19ClN2O3/c1-13(2,6-7-17)9-15-8-10-11(14)4-3-5-12(10)16(18)19/h3-5,15,17H,6-9H2,1-2H3. The van der Waals surface area contributed by atoms with Gasteiger partial charge in [-0.15, -0.1) is 0 Å². The highest BCUT2D eigenvalue weighted by molar-refractivity contribution is 6.31. The summed E-state index contributed by atoms with van der Waals surface area (Å²) in [5.74, 6) is 0. The van der Waals surface area contributed by atoms with Crippen LogP contribution in [0.25, 0.3) is 0 Å². The van der Waals surface area contributed by atoms with Crippen molar-refractivity contribution in [2.45, 2.75) is 26.8 Å². The number of nitro groups is 1. The van der Waals surface area contributed by atoms with Crippen molar-refractivity contribution < 1.29 is 10.0 Å². The first kappa shape index (κ1) is 15.9. The fraction of sp³-hybridized carbons (Fsp3) is 0.538. The number of hydrogen-bond donors (Lipinski definition) is 2. The minimum absolute atomic E-state index is 0.0277. The molecule has 0 spiro atoms. The SMILES string of the molecule is CC(C)(CCO)CNCc1c(Cl)cccc1[N+](=O)[O-]. The largest absolute Gasteiger partial charge is 0.396 e. The zero-order chi connectivity index (χ0) is 14.5. The Hall–Kier alpha value is -1.17. The van der Waals surface area contributed by atoms with Gasteiger partial charge in [0.25, 0.3) is 5.69 Å². The highest BCUT2D eigenvalue weighted by Crippen LogP contribution is 2.26. The van der Waals surface area contributed by atoms with E-state index in [-0.39, 0.29) is 17.7 Å². The fourth-order valence-electron chi connectivity index (χ4n) is 1.81. The molecule has 0 amide bonds. The van der Waals surface area contributed by atoms with Crippen LogP contribution < -0.4 is 5.32 Å². The van der Waals surface area contributed by atoms with Gasteiger partial charge in [-0.2, -0.15) is 0 Å². The molecule has 0 aliphatic carbocycles. The van der Waals surface area contributed by atoms with Crippen molar-refractivity contribution in [3.63, 3.8) is 0 Å². The number of nitro benzene ring substituents is 1. The molecule has 0 heterocycles. The summed E-state index contributed by atoms with van der Waals surface area (Å²) in [4.78, 5) is 10.5. The van der Waals surface area contributed by atoms with E-state index in [9.17, 15) is 10.1 Å². The molecular weight excluding hydrogens is 268 g/mol. The summed E-state index contributed by atoms with van der Waals surface area (Å²) < 4.78 is 0. The van der Waals surface area contributed by atoms with Crippen LogP contribution in [0.3, 0.4) is 0 Å². The average molecular weight is 287 g/mol. The van der Waals surface area contributed by atoms with Crippen molar-refractivity contribution in [3.05, 3.63) is 38.9 Å². The van der Waals surface area contributed by atoms with Crippen LogP contribution in [-0.2, 0) is 6.54 Å². The maximum atomic E-state index is 10.9. The van der Waals surface area contributed by atoms with Crippen molar-refractivity contribution in [2.75, 3.05) is 13.2 Å². The van der Waals surface area contributed by atoms with Gasteiger partial charge < -0.3 is 10.4 Å². The molecule has 0 aliphatic heterocycles. The zero-order valence-corrected chi connectivity index (χ0v) is 11.9. The Balaban J connectivity index is 2.70. The summed E-state index contributed by atoms with van der Waals surface area (Å²) in [6.07, 6.45) is 0.671. The van der Waals surface area contributed by atoms with Gasteiger partial charge in [0.05, 0.1) is 15.5 Å². The molecule has 5 nitrogen and oxygen atoms in total. The van der Waals surface area contributed by atoms with E-state index >= 15 is 0 Å². The number of aliphatic hydroxyl groups excluding tert-OH is 1. The minimum atomic E-state index is -0.429. The summed E-state index contributed by atoms with van der Waals surface area (Å²) in [6.45, 7) is 5.16. The quantitative estimate of drug-likeness (QED) is 0.597. The van der Waals surface area contributed by atoms with E-state index in [1.165, 1.54) is 6.07 Å². The molecule has 0 bridgehead atoms. The van der Waals surface area contributed by atoms with Crippen LogP contribution in [0.4, 0.5) is 5.69 Å². The van der Waals surface area contributed by atoms with Crippen molar-refractivity contribution in [1.29, 1.82) is 0 Å². The summed E-state index contributed by atoms with van der Waals surface area (Å²) >= 11 is 6.00. The topological polar surface area (TPSA) is 75.4 Å². The molecule has 0 saturated carbocycles. The second-order valence-electron chi connectivity index (χ2n) is 5.24. The van der Waals surface area contributed by atoms with Crippen LogP contribution in [0, 0.1) is 15.5 Å². The number of nitrogens with zero attached hydrogens (tertiary/aromatic N) is 1. The van der Waals surface area contributed by atoms with Crippen LogP contribution in [0.1, 0.15) is 25.8 Å². The van der Waals surface area contributed by atoms with Gasteiger partial charge in [-0.05, 0) is 17.9 Å². The zero-order valence-electron chi connectivity index (χ0n) is 11.1. The van der Waals surface area contributed by atoms with Gasteiger partial charge in [0, 0.05) is 25.8 Å². The maximum absolute atomic E-state index is 10.9. The van der Waals surface area contributed by atoms with E-state index in [0.29, 0.717) is 30.1 Å². The second kappa shape index (κ2) is 6.84. The molecule has 1 aromatic carbocycles. The third kappa shape index (κ3) is 4.78. The Kier molecular flexibility index (Phi) is 5.72.